The van der Waals surface area contributed by atoms with Gasteiger partial charge in [0.05, 0.1) is 18.6 Å². The maximum atomic E-state index is 12.4. The average Bonchev–Trinajstić information content (AvgIpc) is 2.27. The number of ether oxygens (including phenoxy) is 1. The van der Waals surface area contributed by atoms with Gasteiger partial charge in [0.1, 0.15) is 0 Å². The third-order valence-electron chi connectivity index (χ3n) is 3.42. The van der Waals surface area contributed by atoms with E-state index < -0.39 is 12.6 Å². The van der Waals surface area contributed by atoms with Crippen molar-refractivity contribution in [1.82, 2.24) is 0 Å². The van der Waals surface area contributed by atoms with Crippen molar-refractivity contribution in [2.24, 2.45) is 0 Å². The van der Waals surface area contributed by atoms with Gasteiger partial charge >= 0.3 is 6.18 Å². The van der Waals surface area contributed by atoms with Gasteiger partial charge in [-0.3, -0.25) is 0 Å². The quantitative estimate of drug-likeness (QED) is 0.566. The van der Waals surface area contributed by atoms with Crippen LogP contribution in [0.4, 0.5) is 13.2 Å². The molecule has 0 aromatic carbocycles. The van der Waals surface area contributed by atoms with Crippen LogP contribution in [0.5, 0.6) is 0 Å². The zero-order valence-corrected chi connectivity index (χ0v) is 11.9. The molecule has 0 N–H and O–H groups in total. The van der Waals surface area contributed by atoms with Crippen LogP contribution in [0, 0.1) is 0 Å². The Kier molecular flexibility index (Phi) is 6.90. The average molecular weight is 278 g/mol. The first-order valence-electron chi connectivity index (χ1n) is 7.36. The molecule has 1 aliphatic rings. The summed E-state index contributed by atoms with van der Waals surface area (Å²) in [6.07, 6.45) is 3.23. The lowest BCUT2D eigenvalue weighted by molar-refractivity contribution is -0.128. The molecular formula is C15H25F3O. The number of rotatable bonds is 7. The molecule has 0 saturated carbocycles. The first kappa shape index (κ1) is 16.5. The Morgan fingerprint density at radius 2 is 1.89 bits per heavy atom. The van der Waals surface area contributed by atoms with E-state index in [2.05, 4.69) is 13.8 Å². The lowest BCUT2D eigenvalue weighted by Crippen LogP contribution is -2.24. The fraction of sp³-hybridized carbons (Fsp3) is 0.867. The molecule has 0 fully saturated rings. The van der Waals surface area contributed by atoms with E-state index in [1.54, 1.807) is 6.08 Å². The topological polar surface area (TPSA) is 9.23 Å². The van der Waals surface area contributed by atoms with E-state index in [0.717, 1.165) is 38.5 Å². The maximum Gasteiger partial charge on any atom is 0.392 e. The van der Waals surface area contributed by atoms with Gasteiger partial charge in [0.2, 0.25) is 0 Å². The first-order chi connectivity index (χ1) is 8.94. The number of alkyl halides is 3. The van der Waals surface area contributed by atoms with Gasteiger partial charge < -0.3 is 4.74 Å². The highest BCUT2D eigenvalue weighted by molar-refractivity contribution is 5.10. The van der Waals surface area contributed by atoms with E-state index in [0.29, 0.717) is 12.0 Å². The molecule has 0 aliphatic heterocycles. The molecule has 1 unspecified atom stereocenters. The number of halogens is 3. The fourth-order valence-electron chi connectivity index (χ4n) is 2.64. The van der Waals surface area contributed by atoms with Crippen molar-refractivity contribution in [2.45, 2.75) is 83.6 Å². The lowest BCUT2D eigenvalue weighted by atomic mass is 9.94. The Bertz CT molecular complexity index is 278. The molecule has 0 aromatic rings. The number of allylic oxidation sites excluding steroid dienone is 1. The Morgan fingerprint density at radius 1 is 1.26 bits per heavy atom. The Labute approximate surface area is 114 Å². The Balaban J connectivity index is 2.54. The Hall–Kier alpha value is -0.510. The molecule has 0 aromatic heterocycles. The van der Waals surface area contributed by atoms with Crippen LogP contribution in [0.3, 0.4) is 0 Å². The fourth-order valence-corrected chi connectivity index (χ4v) is 2.64. The van der Waals surface area contributed by atoms with Crippen molar-refractivity contribution in [3.8, 4) is 0 Å². The second kappa shape index (κ2) is 7.93. The zero-order chi connectivity index (χ0) is 14.3. The molecule has 0 saturated heterocycles. The predicted molar refractivity (Wildman–Crippen MR) is 71.1 cm³/mol. The summed E-state index contributed by atoms with van der Waals surface area (Å²) >= 11 is 0. The van der Waals surface area contributed by atoms with Gasteiger partial charge in [-0.05, 0) is 32.1 Å². The van der Waals surface area contributed by atoms with E-state index in [-0.39, 0.29) is 12.2 Å². The summed E-state index contributed by atoms with van der Waals surface area (Å²) in [6.45, 7) is 4.22. The van der Waals surface area contributed by atoms with Gasteiger partial charge in [0.25, 0.3) is 0 Å². The minimum atomic E-state index is -4.10. The summed E-state index contributed by atoms with van der Waals surface area (Å²) in [5, 5.41) is 0. The van der Waals surface area contributed by atoms with Gasteiger partial charge in [-0.2, -0.15) is 13.2 Å². The normalized spacial score (nSPS) is 20.7. The molecule has 19 heavy (non-hydrogen) atoms. The molecule has 0 spiro atoms. The SMILES string of the molecule is CCCC(CCC)OC1C=C(CC(F)(F)F)CCC1. The molecule has 112 valence electrons. The third-order valence-corrected chi connectivity index (χ3v) is 3.42. The van der Waals surface area contributed by atoms with Crippen LogP contribution in [0.25, 0.3) is 0 Å². The summed E-state index contributed by atoms with van der Waals surface area (Å²) < 4.78 is 43.1. The van der Waals surface area contributed by atoms with E-state index in [1.165, 1.54) is 0 Å². The molecule has 0 amide bonds. The highest BCUT2D eigenvalue weighted by Crippen LogP contribution is 2.31. The van der Waals surface area contributed by atoms with Crippen molar-refractivity contribution in [2.75, 3.05) is 0 Å². The molecule has 4 heteroatoms. The predicted octanol–water partition coefficient (Wildman–Crippen LogP) is 5.40. The highest BCUT2D eigenvalue weighted by atomic mass is 19.4. The number of hydrogen-bond donors (Lipinski definition) is 0. The standard InChI is InChI=1S/C15H25F3O/c1-3-6-13(7-4-2)19-14-9-5-8-12(10-14)11-15(16,17)18/h10,13-14H,3-9,11H2,1-2H3. The van der Waals surface area contributed by atoms with Crippen LogP contribution in [0.15, 0.2) is 11.6 Å². The Morgan fingerprint density at radius 3 is 2.42 bits per heavy atom. The van der Waals surface area contributed by atoms with Crippen LogP contribution in [-0.2, 0) is 4.74 Å². The van der Waals surface area contributed by atoms with Crippen molar-refractivity contribution >= 4 is 0 Å². The summed E-state index contributed by atoms with van der Waals surface area (Å²) in [6, 6.07) is 0. The molecular weight excluding hydrogens is 253 g/mol. The highest BCUT2D eigenvalue weighted by Gasteiger charge is 2.30. The minimum absolute atomic E-state index is 0.116. The van der Waals surface area contributed by atoms with E-state index in [9.17, 15) is 13.2 Å². The largest absolute Gasteiger partial charge is 0.392 e. The molecule has 1 aliphatic carbocycles. The third kappa shape index (κ3) is 7.00. The van der Waals surface area contributed by atoms with Crippen molar-refractivity contribution in [3.05, 3.63) is 11.6 Å². The second-order valence-electron chi connectivity index (χ2n) is 5.38. The maximum absolute atomic E-state index is 12.4. The molecule has 0 bridgehead atoms. The van der Waals surface area contributed by atoms with Crippen LogP contribution in [0.2, 0.25) is 0 Å². The van der Waals surface area contributed by atoms with Gasteiger partial charge in [-0.15, -0.1) is 0 Å². The minimum Gasteiger partial charge on any atom is -0.371 e. The summed E-state index contributed by atoms with van der Waals surface area (Å²) in [5.74, 6) is 0. The zero-order valence-electron chi connectivity index (χ0n) is 11.9. The van der Waals surface area contributed by atoms with Crippen molar-refractivity contribution < 1.29 is 17.9 Å². The first-order valence-corrected chi connectivity index (χ1v) is 7.36. The number of hydrogen-bond acceptors (Lipinski definition) is 1. The molecule has 1 nitrogen and oxygen atoms in total. The van der Waals surface area contributed by atoms with Gasteiger partial charge in [0.15, 0.2) is 0 Å². The van der Waals surface area contributed by atoms with Crippen LogP contribution < -0.4 is 0 Å². The summed E-state index contributed by atoms with van der Waals surface area (Å²) in [7, 11) is 0. The summed E-state index contributed by atoms with van der Waals surface area (Å²) in [4.78, 5) is 0. The molecule has 1 atom stereocenters. The smallest absolute Gasteiger partial charge is 0.371 e. The lowest BCUT2D eigenvalue weighted by Gasteiger charge is -2.27. The van der Waals surface area contributed by atoms with Gasteiger partial charge in [-0.25, -0.2) is 0 Å². The van der Waals surface area contributed by atoms with Crippen molar-refractivity contribution in [1.29, 1.82) is 0 Å². The second-order valence-corrected chi connectivity index (χ2v) is 5.38. The van der Waals surface area contributed by atoms with E-state index in [4.69, 9.17) is 4.74 Å². The van der Waals surface area contributed by atoms with Crippen LogP contribution >= 0.6 is 0 Å². The van der Waals surface area contributed by atoms with Gasteiger partial charge in [-0.1, -0.05) is 38.3 Å². The molecule has 0 heterocycles. The van der Waals surface area contributed by atoms with E-state index in [1.807, 2.05) is 0 Å². The van der Waals surface area contributed by atoms with Crippen LogP contribution in [-0.4, -0.2) is 18.4 Å². The molecule has 1 rings (SSSR count). The van der Waals surface area contributed by atoms with Gasteiger partial charge in [0, 0.05) is 0 Å². The molecule has 0 radical (unpaired) electrons. The summed E-state index contributed by atoms with van der Waals surface area (Å²) in [5.41, 5.74) is 0.496. The monoisotopic (exact) mass is 278 g/mol. The van der Waals surface area contributed by atoms with E-state index >= 15 is 0 Å². The van der Waals surface area contributed by atoms with Crippen LogP contribution in [0.1, 0.15) is 65.2 Å². The van der Waals surface area contributed by atoms with Crippen molar-refractivity contribution in [3.63, 3.8) is 0 Å².